The minimum absolute atomic E-state index is 0.0576. The molecule has 1 atom stereocenters. The number of methoxy groups -OCH3 is 1. The van der Waals surface area contributed by atoms with Gasteiger partial charge < -0.3 is 10.1 Å². The number of hydrogen-bond acceptors (Lipinski definition) is 4. The van der Waals surface area contributed by atoms with Crippen LogP contribution in [0, 0.1) is 0 Å². The molecule has 0 aliphatic heterocycles. The molecule has 0 aromatic heterocycles. The Bertz CT molecular complexity index is 219. The zero-order chi connectivity index (χ0) is 11.8. The molecule has 0 aromatic rings. The van der Waals surface area contributed by atoms with Gasteiger partial charge >= 0.3 is 0 Å². The van der Waals surface area contributed by atoms with E-state index in [1.807, 2.05) is 0 Å². The van der Waals surface area contributed by atoms with Crippen molar-refractivity contribution in [1.82, 2.24) is 10.2 Å². The maximum absolute atomic E-state index is 11.3. The van der Waals surface area contributed by atoms with Crippen LogP contribution in [-0.2, 0) is 14.3 Å². The van der Waals surface area contributed by atoms with Gasteiger partial charge in [-0.1, -0.05) is 0 Å². The van der Waals surface area contributed by atoms with E-state index in [9.17, 15) is 9.59 Å². The number of hydrogen-bond donors (Lipinski definition) is 1. The predicted octanol–water partition coefficient (Wildman–Crippen LogP) is -0.342. The van der Waals surface area contributed by atoms with Crippen LogP contribution >= 0.6 is 0 Å². The van der Waals surface area contributed by atoms with Gasteiger partial charge in [-0.15, -0.1) is 0 Å². The fourth-order valence-corrected chi connectivity index (χ4v) is 1.02. The lowest BCUT2D eigenvalue weighted by atomic mass is 10.2. The molecule has 0 rings (SSSR count). The molecule has 0 saturated heterocycles. The van der Waals surface area contributed by atoms with Crippen LogP contribution in [0.4, 0.5) is 0 Å². The molecule has 0 saturated carbocycles. The molecule has 1 amide bonds. The Hall–Kier alpha value is -0.940. The van der Waals surface area contributed by atoms with Gasteiger partial charge in [0.05, 0.1) is 19.2 Å². The summed E-state index contributed by atoms with van der Waals surface area (Å²) in [5.74, 6) is -0.0372. The van der Waals surface area contributed by atoms with Gasteiger partial charge in [-0.3, -0.25) is 14.5 Å². The van der Waals surface area contributed by atoms with Crippen molar-refractivity contribution in [2.75, 3.05) is 33.9 Å². The second-order valence-electron chi connectivity index (χ2n) is 3.54. The Morgan fingerprint density at radius 2 is 2.07 bits per heavy atom. The van der Waals surface area contributed by atoms with Gasteiger partial charge in [0.2, 0.25) is 5.91 Å². The van der Waals surface area contributed by atoms with Crippen LogP contribution in [0.15, 0.2) is 0 Å². The molecule has 0 fully saturated rings. The summed E-state index contributed by atoms with van der Waals surface area (Å²) < 4.78 is 4.80. The largest absolute Gasteiger partial charge is 0.383 e. The molecule has 0 aromatic carbocycles. The molecule has 0 radical (unpaired) electrons. The maximum atomic E-state index is 11.3. The van der Waals surface area contributed by atoms with Crippen LogP contribution in [0.3, 0.4) is 0 Å². The van der Waals surface area contributed by atoms with Crippen LogP contribution in [-0.4, -0.2) is 56.5 Å². The third-order valence-electron chi connectivity index (χ3n) is 2.27. The van der Waals surface area contributed by atoms with E-state index >= 15 is 0 Å². The van der Waals surface area contributed by atoms with Gasteiger partial charge in [-0.25, -0.2) is 0 Å². The highest BCUT2D eigenvalue weighted by Gasteiger charge is 2.15. The second-order valence-corrected chi connectivity index (χ2v) is 3.54. The molecule has 0 aliphatic carbocycles. The van der Waals surface area contributed by atoms with Crippen molar-refractivity contribution < 1.29 is 14.3 Å². The molecular weight excluding hydrogens is 196 g/mol. The Kier molecular flexibility index (Phi) is 6.90. The van der Waals surface area contributed by atoms with Gasteiger partial charge in [0.1, 0.15) is 5.78 Å². The number of carbonyl (C=O) groups is 2. The molecule has 5 nitrogen and oxygen atoms in total. The van der Waals surface area contributed by atoms with Crippen molar-refractivity contribution in [3.8, 4) is 0 Å². The first kappa shape index (κ1) is 14.1. The van der Waals surface area contributed by atoms with E-state index in [1.165, 1.54) is 6.92 Å². The average molecular weight is 216 g/mol. The first-order chi connectivity index (χ1) is 6.99. The Labute approximate surface area is 90.8 Å². The number of Topliss-reactive ketones (excluding diaryl/α,β-unsaturated/α-hetero) is 1. The van der Waals surface area contributed by atoms with Crippen molar-refractivity contribution in [2.24, 2.45) is 0 Å². The molecule has 0 spiro atoms. The minimum Gasteiger partial charge on any atom is -0.383 e. The number of amides is 1. The summed E-state index contributed by atoms with van der Waals surface area (Å²) in [6.45, 7) is 4.52. The monoisotopic (exact) mass is 216 g/mol. The molecule has 0 bridgehead atoms. The van der Waals surface area contributed by atoms with Crippen molar-refractivity contribution >= 4 is 11.7 Å². The topological polar surface area (TPSA) is 58.6 Å². The molecule has 5 heteroatoms. The summed E-state index contributed by atoms with van der Waals surface area (Å²) in [6.07, 6.45) is 0. The number of ether oxygens (including phenoxy) is 1. The van der Waals surface area contributed by atoms with E-state index < -0.39 is 0 Å². The SMILES string of the molecule is COCCNC(=O)CN(C)C(C)C(C)=O. The van der Waals surface area contributed by atoms with Crippen LogP contribution in [0.5, 0.6) is 0 Å². The normalized spacial score (nSPS) is 12.6. The van der Waals surface area contributed by atoms with Gasteiger partial charge in [-0.2, -0.15) is 0 Å². The maximum Gasteiger partial charge on any atom is 0.234 e. The zero-order valence-electron chi connectivity index (χ0n) is 9.87. The molecule has 15 heavy (non-hydrogen) atoms. The van der Waals surface area contributed by atoms with Crippen molar-refractivity contribution in [3.63, 3.8) is 0 Å². The average Bonchev–Trinajstić information content (AvgIpc) is 2.16. The number of ketones is 1. The highest BCUT2D eigenvalue weighted by atomic mass is 16.5. The van der Waals surface area contributed by atoms with Crippen LogP contribution in [0.25, 0.3) is 0 Å². The first-order valence-corrected chi connectivity index (χ1v) is 4.95. The summed E-state index contributed by atoms with van der Waals surface area (Å²) in [4.78, 5) is 24.1. The van der Waals surface area contributed by atoms with Gasteiger partial charge in [0.15, 0.2) is 0 Å². The fraction of sp³-hybridized carbons (Fsp3) is 0.800. The lowest BCUT2D eigenvalue weighted by Crippen LogP contribution is -2.42. The zero-order valence-corrected chi connectivity index (χ0v) is 9.87. The summed E-state index contributed by atoms with van der Waals surface area (Å²) >= 11 is 0. The van der Waals surface area contributed by atoms with Crippen LogP contribution < -0.4 is 5.32 Å². The summed E-state index contributed by atoms with van der Waals surface area (Å²) in [7, 11) is 3.33. The third kappa shape index (κ3) is 6.19. The minimum atomic E-state index is -0.224. The van der Waals surface area contributed by atoms with E-state index in [0.717, 1.165) is 0 Å². The van der Waals surface area contributed by atoms with Gasteiger partial charge in [-0.05, 0) is 20.9 Å². The number of likely N-dealkylation sites (N-methyl/N-ethyl adjacent to an activating group) is 1. The van der Waals surface area contributed by atoms with E-state index in [0.29, 0.717) is 13.2 Å². The summed E-state index contributed by atoms with van der Waals surface area (Å²) in [6, 6.07) is -0.224. The van der Waals surface area contributed by atoms with E-state index in [-0.39, 0.29) is 24.3 Å². The molecule has 0 heterocycles. The highest BCUT2D eigenvalue weighted by molar-refractivity contribution is 5.83. The Morgan fingerprint density at radius 3 is 2.53 bits per heavy atom. The standard InChI is InChI=1S/C10H20N2O3/c1-8(9(2)13)12(3)7-10(14)11-5-6-15-4/h8H,5-7H2,1-4H3,(H,11,14). The predicted molar refractivity (Wildman–Crippen MR) is 57.7 cm³/mol. The van der Waals surface area contributed by atoms with Crippen LogP contribution in [0.1, 0.15) is 13.8 Å². The van der Waals surface area contributed by atoms with E-state index in [1.54, 1.807) is 26.0 Å². The lowest BCUT2D eigenvalue weighted by Gasteiger charge is -2.21. The molecule has 1 N–H and O–H groups in total. The molecular formula is C10H20N2O3. The fourth-order valence-electron chi connectivity index (χ4n) is 1.02. The number of nitrogens with one attached hydrogen (secondary N) is 1. The van der Waals surface area contributed by atoms with Crippen molar-refractivity contribution in [3.05, 3.63) is 0 Å². The summed E-state index contributed by atoms with van der Waals surface area (Å²) in [5, 5.41) is 2.69. The first-order valence-electron chi connectivity index (χ1n) is 4.95. The Balaban J connectivity index is 3.80. The van der Waals surface area contributed by atoms with Crippen molar-refractivity contribution in [2.45, 2.75) is 19.9 Å². The Morgan fingerprint density at radius 1 is 1.47 bits per heavy atom. The molecule has 88 valence electrons. The second kappa shape index (κ2) is 7.36. The van der Waals surface area contributed by atoms with Gasteiger partial charge in [0, 0.05) is 13.7 Å². The van der Waals surface area contributed by atoms with E-state index in [2.05, 4.69) is 5.32 Å². The number of nitrogens with zero attached hydrogens (tertiary/aromatic N) is 1. The van der Waals surface area contributed by atoms with E-state index in [4.69, 9.17) is 4.74 Å². The lowest BCUT2D eigenvalue weighted by molar-refractivity contribution is -0.125. The quantitative estimate of drug-likeness (QED) is 0.591. The van der Waals surface area contributed by atoms with Crippen LogP contribution in [0.2, 0.25) is 0 Å². The summed E-state index contributed by atoms with van der Waals surface area (Å²) in [5.41, 5.74) is 0. The van der Waals surface area contributed by atoms with Gasteiger partial charge in [0.25, 0.3) is 0 Å². The highest BCUT2D eigenvalue weighted by Crippen LogP contribution is 1.95. The number of rotatable bonds is 7. The smallest absolute Gasteiger partial charge is 0.234 e. The number of carbonyl (C=O) groups excluding carboxylic acids is 2. The van der Waals surface area contributed by atoms with Crippen molar-refractivity contribution in [1.29, 1.82) is 0 Å². The molecule has 1 unspecified atom stereocenters. The molecule has 0 aliphatic rings. The third-order valence-corrected chi connectivity index (χ3v) is 2.27.